The van der Waals surface area contributed by atoms with E-state index in [4.69, 9.17) is 32.7 Å². The average Bonchev–Trinajstić information content (AvgIpc) is 2.60. The minimum atomic E-state index is -0.163. The van der Waals surface area contributed by atoms with Gasteiger partial charge in [-0.15, -0.1) is 0 Å². The lowest BCUT2D eigenvalue weighted by atomic mass is 10.3. The number of anilines is 1. The fourth-order valence-corrected chi connectivity index (χ4v) is 2.28. The number of ether oxygens (including phenoxy) is 2. The van der Waals surface area contributed by atoms with Gasteiger partial charge < -0.3 is 20.1 Å². The summed E-state index contributed by atoms with van der Waals surface area (Å²) in [6.07, 6.45) is 0. The van der Waals surface area contributed by atoms with E-state index >= 15 is 0 Å². The number of hydrogen-bond acceptors (Lipinski definition) is 4. The summed E-state index contributed by atoms with van der Waals surface area (Å²) in [5.41, 5.74) is 0.619. The highest BCUT2D eigenvalue weighted by Crippen LogP contribution is 2.29. The highest BCUT2D eigenvalue weighted by atomic mass is 35.5. The van der Waals surface area contributed by atoms with E-state index in [1.807, 2.05) is 24.3 Å². The Hall–Kier alpha value is -2.11. The minimum Gasteiger partial charge on any atom is -0.497 e. The molecule has 0 bridgehead atoms. The fourth-order valence-electron chi connectivity index (χ4n) is 1.91. The van der Waals surface area contributed by atoms with Gasteiger partial charge in [0.1, 0.15) is 18.1 Å². The monoisotopic (exact) mass is 368 g/mol. The zero-order chi connectivity index (χ0) is 17.4. The standard InChI is InChI=1S/C17H18Cl2N2O3/c1-23-12-5-7-13(8-6-12)24-10-9-20-16(22)11-21-15-4-2-3-14(18)17(15)19/h2-8,21H,9-11H2,1H3,(H,20,22). The number of nitrogens with one attached hydrogen (secondary N) is 2. The molecule has 0 atom stereocenters. The SMILES string of the molecule is COc1ccc(OCCNC(=O)CNc2cccc(Cl)c2Cl)cc1. The van der Waals surface area contributed by atoms with Gasteiger partial charge in [-0.2, -0.15) is 0 Å². The van der Waals surface area contributed by atoms with Crippen LogP contribution in [-0.4, -0.2) is 32.7 Å². The lowest BCUT2D eigenvalue weighted by Gasteiger charge is -2.10. The van der Waals surface area contributed by atoms with Crippen LogP contribution in [0.25, 0.3) is 0 Å². The van der Waals surface area contributed by atoms with E-state index in [1.54, 1.807) is 25.3 Å². The number of carbonyl (C=O) groups excluding carboxylic acids is 1. The number of hydrogen-bond donors (Lipinski definition) is 2. The lowest BCUT2D eigenvalue weighted by Crippen LogP contribution is -2.33. The third-order valence-electron chi connectivity index (χ3n) is 3.14. The third kappa shape index (κ3) is 5.51. The van der Waals surface area contributed by atoms with Crippen molar-refractivity contribution in [2.45, 2.75) is 0 Å². The molecule has 2 rings (SSSR count). The van der Waals surface area contributed by atoms with Crippen LogP contribution >= 0.6 is 23.2 Å². The fraction of sp³-hybridized carbons (Fsp3) is 0.235. The quantitative estimate of drug-likeness (QED) is 0.698. The zero-order valence-electron chi connectivity index (χ0n) is 13.1. The van der Waals surface area contributed by atoms with Crippen LogP contribution in [0, 0.1) is 0 Å². The van der Waals surface area contributed by atoms with E-state index in [0.29, 0.717) is 34.6 Å². The zero-order valence-corrected chi connectivity index (χ0v) is 14.7. The summed E-state index contributed by atoms with van der Waals surface area (Å²) in [6, 6.07) is 12.4. The largest absolute Gasteiger partial charge is 0.497 e. The van der Waals surface area contributed by atoms with Crippen molar-refractivity contribution in [3.8, 4) is 11.5 Å². The summed E-state index contributed by atoms with van der Waals surface area (Å²) < 4.78 is 10.6. The summed E-state index contributed by atoms with van der Waals surface area (Å²) in [5, 5.41) is 6.53. The second-order valence-corrected chi connectivity index (χ2v) is 5.61. The second kappa shape index (κ2) is 9.25. The van der Waals surface area contributed by atoms with Crippen molar-refractivity contribution in [2.75, 3.05) is 32.1 Å². The van der Waals surface area contributed by atoms with Crippen molar-refractivity contribution in [1.29, 1.82) is 0 Å². The summed E-state index contributed by atoms with van der Waals surface area (Å²) in [4.78, 5) is 11.8. The Morgan fingerprint density at radius 2 is 1.79 bits per heavy atom. The summed E-state index contributed by atoms with van der Waals surface area (Å²) in [6.45, 7) is 0.869. The highest BCUT2D eigenvalue weighted by molar-refractivity contribution is 6.43. The molecule has 0 aliphatic rings. The summed E-state index contributed by atoms with van der Waals surface area (Å²) in [7, 11) is 1.61. The highest BCUT2D eigenvalue weighted by Gasteiger charge is 2.06. The van der Waals surface area contributed by atoms with Gasteiger partial charge in [0.15, 0.2) is 0 Å². The Kier molecular flexibility index (Phi) is 7.03. The minimum absolute atomic E-state index is 0.0998. The Labute approximate surface area is 150 Å². The Balaban J connectivity index is 1.67. The molecule has 0 radical (unpaired) electrons. The van der Waals surface area contributed by atoms with Crippen LogP contribution in [0.4, 0.5) is 5.69 Å². The van der Waals surface area contributed by atoms with Crippen LogP contribution in [0.3, 0.4) is 0 Å². The predicted molar refractivity (Wildman–Crippen MR) is 96.5 cm³/mol. The number of amides is 1. The molecule has 0 saturated heterocycles. The lowest BCUT2D eigenvalue weighted by molar-refractivity contribution is -0.119. The maximum atomic E-state index is 11.8. The maximum absolute atomic E-state index is 11.8. The molecule has 24 heavy (non-hydrogen) atoms. The van der Waals surface area contributed by atoms with Gasteiger partial charge in [-0.1, -0.05) is 29.3 Å². The first kappa shape index (κ1) is 18.2. The van der Waals surface area contributed by atoms with E-state index in [9.17, 15) is 4.79 Å². The molecule has 5 nitrogen and oxygen atoms in total. The molecule has 1 amide bonds. The van der Waals surface area contributed by atoms with Crippen molar-refractivity contribution in [1.82, 2.24) is 5.32 Å². The predicted octanol–water partition coefficient (Wildman–Crippen LogP) is 3.61. The number of carbonyl (C=O) groups is 1. The van der Waals surface area contributed by atoms with Crippen molar-refractivity contribution < 1.29 is 14.3 Å². The molecule has 0 spiro atoms. The van der Waals surface area contributed by atoms with Gasteiger partial charge in [-0.05, 0) is 36.4 Å². The Bertz CT molecular complexity index is 678. The molecule has 2 N–H and O–H groups in total. The van der Waals surface area contributed by atoms with Crippen LogP contribution < -0.4 is 20.1 Å². The number of rotatable bonds is 8. The van der Waals surface area contributed by atoms with E-state index in [0.717, 1.165) is 5.75 Å². The molecule has 0 aliphatic heterocycles. The first-order valence-electron chi connectivity index (χ1n) is 7.31. The van der Waals surface area contributed by atoms with E-state index in [2.05, 4.69) is 10.6 Å². The Morgan fingerprint density at radius 3 is 2.50 bits per heavy atom. The number of methoxy groups -OCH3 is 1. The Morgan fingerprint density at radius 1 is 1.08 bits per heavy atom. The molecular formula is C17H18Cl2N2O3. The molecule has 0 heterocycles. The molecule has 0 aliphatic carbocycles. The van der Waals surface area contributed by atoms with Gasteiger partial charge >= 0.3 is 0 Å². The molecule has 7 heteroatoms. The van der Waals surface area contributed by atoms with Crippen molar-refractivity contribution in [3.63, 3.8) is 0 Å². The summed E-state index contributed by atoms with van der Waals surface area (Å²) >= 11 is 11.9. The molecular weight excluding hydrogens is 351 g/mol. The molecule has 0 fully saturated rings. The number of benzene rings is 2. The maximum Gasteiger partial charge on any atom is 0.239 e. The van der Waals surface area contributed by atoms with Crippen molar-refractivity contribution in [2.24, 2.45) is 0 Å². The van der Waals surface area contributed by atoms with Crippen LogP contribution in [0.5, 0.6) is 11.5 Å². The van der Waals surface area contributed by atoms with Crippen molar-refractivity contribution in [3.05, 3.63) is 52.5 Å². The molecule has 0 saturated carbocycles. The van der Waals surface area contributed by atoms with E-state index in [-0.39, 0.29) is 12.5 Å². The third-order valence-corrected chi connectivity index (χ3v) is 3.96. The molecule has 128 valence electrons. The second-order valence-electron chi connectivity index (χ2n) is 4.83. The molecule has 0 unspecified atom stereocenters. The summed E-state index contributed by atoms with van der Waals surface area (Å²) in [5.74, 6) is 1.32. The van der Waals surface area contributed by atoms with Crippen molar-refractivity contribution >= 4 is 34.8 Å². The first-order valence-corrected chi connectivity index (χ1v) is 8.07. The van der Waals surface area contributed by atoms with Gasteiger partial charge in [-0.25, -0.2) is 0 Å². The smallest absolute Gasteiger partial charge is 0.239 e. The van der Waals surface area contributed by atoms with Crippen LogP contribution in [0.2, 0.25) is 10.0 Å². The van der Waals surface area contributed by atoms with E-state index < -0.39 is 0 Å². The molecule has 2 aromatic carbocycles. The molecule has 2 aromatic rings. The van der Waals surface area contributed by atoms with Crippen LogP contribution in [0.15, 0.2) is 42.5 Å². The topological polar surface area (TPSA) is 59.6 Å². The first-order chi connectivity index (χ1) is 11.6. The normalized spacial score (nSPS) is 10.1. The van der Waals surface area contributed by atoms with Gasteiger partial charge in [0.05, 0.1) is 35.9 Å². The van der Waals surface area contributed by atoms with E-state index in [1.165, 1.54) is 0 Å². The van der Waals surface area contributed by atoms with Crippen LogP contribution in [0.1, 0.15) is 0 Å². The van der Waals surface area contributed by atoms with Gasteiger partial charge in [0, 0.05) is 0 Å². The molecule has 0 aromatic heterocycles. The van der Waals surface area contributed by atoms with Gasteiger partial charge in [0.2, 0.25) is 5.91 Å². The average molecular weight is 369 g/mol. The van der Waals surface area contributed by atoms with Gasteiger partial charge in [-0.3, -0.25) is 4.79 Å². The van der Waals surface area contributed by atoms with Crippen LogP contribution in [-0.2, 0) is 4.79 Å². The van der Waals surface area contributed by atoms with Gasteiger partial charge in [0.25, 0.3) is 0 Å². The number of halogens is 2.